The van der Waals surface area contributed by atoms with Gasteiger partial charge in [0.2, 0.25) is 5.91 Å². The summed E-state index contributed by atoms with van der Waals surface area (Å²) in [6, 6.07) is -0.943. The molecule has 1 rings (SSSR count). The molecule has 0 radical (unpaired) electrons. The van der Waals surface area contributed by atoms with Crippen LogP contribution in [0.25, 0.3) is 0 Å². The second kappa shape index (κ2) is 38.1. The topological polar surface area (TPSA) is 192 Å². The van der Waals surface area contributed by atoms with Gasteiger partial charge < -0.3 is 35.2 Å². The Balaban J connectivity index is 2.47. The number of aliphatic hydroxyl groups is 4. The number of ether oxygens (including phenoxy) is 2. The number of nitrogens with one attached hydrogen (secondary N) is 1. The molecule has 7 unspecified atom stereocenters. The molecule has 7 atom stereocenters. The Morgan fingerprint density at radius 3 is 1.50 bits per heavy atom. The van der Waals surface area contributed by atoms with E-state index < -0.39 is 59.9 Å². The molecule has 0 aromatic rings. The van der Waals surface area contributed by atoms with Crippen LogP contribution in [-0.4, -0.2) is 95.4 Å². The number of rotatable bonds is 41. The normalized spacial score (nSPS) is 20.9. The van der Waals surface area contributed by atoms with Crippen LogP contribution in [0.2, 0.25) is 0 Å². The van der Waals surface area contributed by atoms with Crippen molar-refractivity contribution < 1.29 is 51.8 Å². The van der Waals surface area contributed by atoms with Crippen LogP contribution < -0.4 is 5.32 Å². The van der Waals surface area contributed by atoms with Gasteiger partial charge in [-0.05, 0) is 44.9 Å². The van der Waals surface area contributed by atoms with E-state index in [-0.39, 0.29) is 18.9 Å². The molecular formula is C47H89NO11S. The van der Waals surface area contributed by atoms with Crippen molar-refractivity contribution in [1.82, 2.24) is 5.32 Å². The summed E-state index contributed by atoms with van der Waals surface area (Å²) < 4.78 is 47.6. The van der Waals surface area contributed by atoms with E-state index in [2.05, 4.69) is 35.5 Å². The molecule has 0 aliphatic carbocycles. The van der Waals surface area contributed by atoms with Crippen LogP contribution in [0, 0.1) is 0 Å². The highest BCUT2D eigenvalue weighted by Gasteiger charge is 2.48. The first kappa shape index (κ1) is 56.6. The minimum absolute atomic E-state index is 0.265. The molecule has 1 aliphatic rings. The van der Waals surface area contributed by atoms with E-state index in [1.165, 1.54) is 141 Å². The summed E-state index contributed by atoms with van der Waals surface area (Å²) in [4.78, 5) is 13.0. The molecule has 6 N–H and O–H groups in total. The predicted octanol–water partition coefficient (Wildman–Crippen LogP) is 9.72. The molecule has 1 aliphatic heterocycles. The van der Waals surface area contributed by atoms with Crippen molar-refractivity contribution in [3.05, 3.63) is 24.3 Å². The van der Waals surface area contributed by atoms with E-state index in [0.29, 0.717) is 6.42 Å². The zero-order valence-corrected chi connectivity index (χ0v) is 38.6. The summed E-state index contributed by atoms with van der Waals surface area (Å²) in [6.07, 6.45) is 35.0. The third-order valence-corrected chi connectivity index (χ3v) is 11.9. The SMILES string of the molecule is CCCCCCCCCCC/C=C\CCCCCCCCCC(=O)NC(COC1OC(CO)C(O)C(OS(=O)(=O)O)C1O)C(O)/C=C/CCCCCCCCCCCCC. The molecule has 0 spiro atoms. The Morgan fingerprint density at radius 2 is 1.07 bits per heavy atom. The van der Waals surface area contributed by atoms with Gasteiger partial charge in [0.1, 0.15) is 24.4 Å². The molecule has 1 fully saturated rings. The summed E-state index contributed by atoms with van der Waals surface area (Å²) >= 11 is 0. The molecule has 1 amide bonds. The highest BCUT2D eigenvalue weighted by molar-refractivity contribution is 7.80. The van der Waals surface area contributed by atoms with Crippen molar-refractivity contribution in [2.24, 2.45) is 0 Å². The van der Waals surface area contributed by atoms with E-state index in [4.69, 9.17) is 9.47 Å². The van der Waals surface area contributed by atoms with Crippen LogP contribution in [0.4, 0.5) is 0 Å². The maximum absolute atomic E-state index is 13.0. The number of aliphatic hydroxyl groups excluding tert-OH is 4. The molecule has 60 heavy (non-hydrogen) atoms. The standard InChI is InChI=1S/C47H89NO11S/c1-3-5-7-9-11-13-15-17-18-19-20-21-22-23-25-27-29-31-33-35-37-43(51)48-40(41(50)36-34-32-30-28-26-24-16-14-12-10-8-6-4-2)39-57-47-45(53)46(59-60(54,55)56)44(52)42(38-49)58-47/h20-21,34,36,40-42,44-47,49-50,52-53H,3-19,22-33,35,37-39H2,1-2H3,(H,48,51)(H,54,55,56)/b21-20-,36-34+. The maximum atomic E-state index is 13.0. The number of carbonyl (C=O) groups is 1. The van der Waals surface area contributed by atoms with E-state index in [1.54, 1.807) is 6.08 Å². The van der Waals surface area contributed by atoms with Crippen molar-refractivity contribution in [2.75, 3.05) is 13.2 Å². The second-order valence-corrected chi connectivity index (χ2v) is 18.1. The Bertz CT molecular complexity index is 1170. The summed E-state index contributed by atoms with van der Waals surface area (Å²) in [5, 5.41) is 44.7. The van der Waals surface area contributed by atoms with Crippen LogP contribution in [0.5, 0.6) is 0 Å². The van der Waals surface area contributed by atoms with E-state index in [0.717, 1.165) is 44.9 Å². The lowest BCUT2D eigenvalue weighted by Gasteiger charge is -2.41. The van der Waals surface area contributed by atoms with Crippen molar-refractivity contribution in [1.29, 1.82) is 0 Å². The molecule has 0 saturated carbocycles. The van der Waals surface area contributed by atoms with Crippen LogP contribution >= 0.6 is 0 Å². The van der Waals surface area contributed by atoms with Gasteiger partial charge in [-0.15, -0.1) is 0 Å². The number of hydrogen-bond acceptors (Lipinski definition) is 10. The molecular weight excluding hydrogens is 787 g/mol. The first-order valence-electron chi connectivity index (χ1n) is 24.2. The third kappa shape index (κ3) is 30.6. The van der Waals surface area contributed by atoms with Crippen LogP contribution in [0.3, 0.4) is 0 Å². The van der Waals surface area contributed by atoms with Crippen LogP contribution in [0.15, 0.2) is 24.3 Å². The molecule has 1 saturated heterocycles. The number of amides is 1. The van der Waals surface area contributed by atoms with Gasteiger partial charge in [0, 0.05) is 6.42 Å². The third-order valence-electron chi connectivity index (χ3n) is 11.5. The van der Waals surface area contributed by atoms with Gasteiger partial charge in [0.15, 0.2) is 6.29 Å². The molecule has 0 aromatic carbocycles. The summed E-state index contributed by atoms with van der Waals surface area (Å²) in [5.41, 5.74) is 0. The first-order chi connectivity index (χ1) is 29.0. The average molecular weight is 876 g/mol. The van der Waals surface area contributed by atoms with E-state index >= 15 is 0 Å². The smallest absolute Gasteiger partial charge is 0.394 e. The monoisotopic (exact) mass is 876 g/mol. The summed E-state index contributed by atoms with van der Waals surface area (Å²) in [7, 11) is -5.08. The van der Waals surface area contributed by atoms with Gasteiger partial charge >= 0.3 is 10.4 Å². The van der Waals surface area contributed by atoms with Crippen molar-refractivity contribution in [3.63, 3.8) is 0 Å². The lowest BCUT2D eigenvalue weighted by molar-refractivity contribution is -0.298. The lowest BCUT2D eigenvalue weighted by atomic mass is 9.99. The average Bonchev–Trinajstić information content (AvgIpc) is 3.22. The van der Waals surface area contributed by atoms with Crippen LogP contribution in [0.1, 0.15) is 213 Å². The van der Waals surface area contributed by atoms with Crippen LogP contribution in [-0.2, 0) is 28.9 Å². The predicted molar refractivity (Wildman–Crippen MR) is 241 cm³/mol. The number of allylic oxidation sites excluding steroid dienone is 3. The summed E-state index contributed by atoms with van der Waals surface area (Å²) in [6.45, 7) is 3.38. The Labute approximate surface area is 365 Å². The van der Waals surface area contributed by atoms with Gasteiger partial charge in [-0.2, -0.15) is 8.42 Å². The van der Waals surface area contributed by atoms with E-state index in [9.17, 15) is 38.2 Å². The Hall–Kier alpha value is -1.42. The highest BCUT2D eigenvalue weighted by atomic mass is 32.3. The number of unbranched alkanes of at least 4 members (excludes halogenated alkanes) is 27. The minimum atomic E-state index is -5.08. The second-order valence-electron chi connectivity index (χ2n) is 17.0. The quantitative estimate of drug-likeness (QED) is 0.0195. The summed E-state index contributed by atoms with van der Waals surface area (Å²) in [5.74, 6) is -0.267. The zero-order valence-electron chi connectivity index (χ0n) is 37.8. The molecule has 1 heterocycles. The fraction of sp³-hybridized carbons (Fsp3) is 0.894. The largest absolute Gasteiger partial charge is 0.397 e. The molecule has 13 heteroatoms. The van der Waals surface area contributed by atoms with Gasteiger partial charge in [-0.3, -0.25) is 9.35 Å². The number of carbonyl (C=O) groups excluding carboxylic acids is 1. The number of hydrogen-bond donors (Lipinski definition) is 6. The molecule has 354 valence electrons. The fourth-order valence-electron chi connectivity index (χ4n) is 7.68. The van der Waals surface area contributed by atoms with Gasteiger partial charge in [-0.1, -0.05) is 186 Å². The van der Waals surface area contributed by atoms with E-state index in [1.807, 2.05) is 6.08 Å². The van der Waals surface area contributed by atoms with Gasteiger partial charge in [-0.25, -0.2) is 4.18 Å². The fourth-order valence-corrected chi connectivity index (χ4v) is 8.19. The van der Waals surface area contributed by atoms with Crippen molar-refractivity contribution >= 4 is 16.3 Å². The Kier molecular flexibility index (Phi) is 35.9. The van der Waals surface area contributed by atoms with Crippen molar-refractivity contribution in [3.8, 4) is 0 Å². The first-order valence-corrected chi connectivity index (χ1v) is 25.6. The molecule has 0 aromatic heterocycles. The minimum Gasteiger partial charge on any atom is -0.394 e. The van der Waals surface area contributed by atoms with Gasteiger partial charge in [0.25, 0.3) is 0 Å². The Morgan fingerprint density at radius 1 is 0.650 bits per heavy atom. The molecule has 0 bridgehead atoms. The van der Waals surface area contributed by atoms with Gasteiger partial charge in [0.05, 0.1) is 25.4 Å². The maximum Gasteiger partial charge on any atom is 0.397 e. The lowest BCUT2D eigenvalue weighted by Crippen LogP contribution is -2.61. The highest BCUT2D eigenvalue weighted by Crippen LogP contribution is 2.26. The van der Waals surface area contributed by atoms with Crippen molar-refractivity contribution in [2.45, 2.75) is 256 Å². The zero-order chi connectivity index (χ0) is 44.1. The molecule has 12 nitrogen and oxygen atoms in total.